The van der Waals surface area contributed by atoms with E-state index in [4.69, 9.17) is 9.47 Å². The molecule has 0 radical (unpaired) electrons. The van der Waals surface area contributed by atoms with Crippen molar-refractivity contribution in [3.63, 3.8) is 0 Å². The molecular weight excluding hydrogens is 412 g/mol. The zero-order valence-electron chi connectivity index (χ0n) is 17.2. The molecule has 0 saturated heterocycles. The van der Waals surface area contributed by atoms with Gasteiger partial charge in [-0.25, -0.2) is 0 Å². The lowest BCUT2D eigenvalue weighted by Gasteiger charge is -2.11. The number of carbonyl (C=O) groups excluding carboxylic acids is 2. The highest BCUT2D eigenvalue weighted by Gasteiger charge is 2.15. The van der Waals surface area contributed by atoms with E-state index in [0.29, 0.717) is 31.1 Å². The van der Waals surface area contributed by atoms with E-state index in [1.165, 1.54) is 11.3 Å². The standard InChI is InChI=1S/C24H24N2O4S/c1-29-20-11-9-19(10-12-20)23(27)26-22(16-21-8-5-15-31-21)24(28)25-13-14-30-17-18-6-3-2-4-7-18/h2-12,15-16H,13-14,17H2,1H3,(H,25,28)(H,26,27)/b22-16-. The van der Waals surface area contributed by atoms with Crippen LogP contribution in [0.2, 0.25) is 0 Å². The number of thiophene rings is 1. The summed E-state index contributed by atoms with van der Waals surface area (Å²) in [7, 11) is 1.56. The van der Waals surface area contributed by atoms with Crippen molar-refractivity contribution >= 4 is 29.2 Å². The molecule has 160 valence electrons. The van der Waals surface area contributed by atoms with Crippen molar-refractivity contribution < 1.29 is 19.1 Å². The first-order valence-electron chi connectivity index (χ1n) is 9.76. The van der Waals surface area contributed by atoms with Gasteiger partial charge in [0.25, 0.3) is 11.8 Å². The van der Waals surface area contributed by atoms with Gasteiger partial charge in [-0.2, -0.15) is 0 Å². The van der Waals surface area contributed by atoms with Gasteiger partial charge in [0.2, 0.25) is 0 Å². The van der Waals surface area contributed by atoms with E-state index in [0.717, 1.165) is 10.4 Å². The molecule has 1 aromatic heterocycles. The lowest BCUT2D eigenvalue weighted by Crippen LogP contribution is -2.36. The van der Waals surface area contributed by atoms with Gasteiger partial charge in [-0.05, 0) is 47.4 Å². The molecule has 2 amide bonds. The van der Waals surface area contributed by atoms with Gasteiger partial charge in [0.15, 0.2) is 0 Å². The van der Waals surface area contributed by atoms with Crippen LogP contribution in [0.25, 0.3) is 6.08 Å². The Balaban J connectivity index is 1.57. The number of nitrogens with one attached hydrogen (secondary N) is 2. The second kappa shape index (κ2) is 11.7. The highest BCUT2D eigenvalue weighted by atomic mass is 32.1. The molecule has 2 aromatic carbocycles. The Morgan fingerprint density at radius 3 is 2.45 bits per heavy atom. The molecule has 0 saturated carbocycles. The number of hydrogen-bond acceptors (Lipinski definition) is 5. The van der Waals surface area contributed by atoms with Gasteiger partial charge >= 0.3 is 0 Å². The number of methoxy groups -OCH3 is 1. The Labute approximate surface area is 185 Å². The van der Waals surface area contributed by atoms with Crippen molar-refractivity contribution in [2.24, 2.45) is 0 Å². The van der Waals surface area contributed by atoms with Gasteiger partial charge in [-0.15, -0.1) is 11.3 Å². The second-order valence-corrected chi connectivity index (χ2v) is 7.53. The van der Waals surface area contributed by atoms with Gasteiger partial charge < -0.3 is 20.1 Å². The number of amides is 2. The summed E-state index contributed by atoms with van der Waals surface area (Å²) in [5.41, 5.74) is 1.67. The maximum atomic E-state index is 12.7. The molecule has 0 bridgehead atoms. The predicted molar refractivity (Wildman–Crippen MR) is 122 cm³/mol. The summed E-state index contributed by atoms with van der Waals surface area (Å²) in [6.45, 7) is 1.16. The van der Waals surface area contributed by atoms with Crippen LogP contribution in [0.1, 0.15) is 20.8 Å². The molecule has 3 rings (SSSR count). The van der Waals surface area contributed by atoms with Crippen LogP contribution in [0, 0.1) is 0 Å². The summed E-state index contributed by atoms with van der Waals surface area (Å²) in [6.07, 6.45) is 1.66. The number of benzene rings is 2. The summed E-state index contributed by atoms with van der Waals surface area (Å²) < 4.78 is 10.7. The fourth-order valence-electron chi connectivity index (χ4n) is 2.71. The van der Waals surface area contributed by atoms with Crippen LogP contribution in [0.4, 0.5) is 0 Å². The van der Waals surface area contributed by atoms with Crippen molar-refractivity contribution in [1.29, 1.82) is 0 Å². The lowest BCUT2D eigenvalue weighted by molar-refractivity contribution is -0.118. The van der Waals surface area contributed by atoms with Gasteiger partial charge in [-0.1, -0.05) is 36.4 Å². The third-order valence-electron chi connectivity index (χ3n) is 4.32. The van der Waals surface area contributed by atoms with Gasteiger partial charge in [0.05, 0.1) is 20.3 Å². The van der Waals surface area contributed by atoms with Crippen LogP contribution >= 0.6 is 11.3 Å². The molecule has 0 aliphatic rings. The molecule has 7 heteroatoms. The van der Waals surface area contributed by atoms with E-state index in [1.54, 1.807) is 37.5 Å². The van der Waals surface area contributed by atoms with Crippen LogP contribution in [-0.4, -0.2) is 32.1 Å². The van der Waals surface area contributed by atoms with Crippen molar-refractivity contribution in [1.82, 2.24) is 10.6 Å². The Morgan fingerprint density at radius 1 is 1.00 bits per heavy atom. The summed E-state index contributed by atoms with van der Waals surface area (Å²) in [4.78, 5) is 26.2. The third-order valence-corrected chi connectivity index (χ3v) is 5.14. The van der Waals surface area contributed by atoms with Crippen LogP contribution in [0.5, 0.6) is 5.75 Å². The SMILES string of the molecule is COc1ccc(C(=O)N/C(=C\c2cccs2)C(=O)NCCOCc2ccccc2)cc1. The van der Waals surface area contributed by atoms with Crippen LogP contribution in [0.3, 0.4) is 0 Å². The molecule has 31 heavy (non-hydrogen) atoms. The van der Waals surface area contributed by atoms with Crippen LogP contribution in [0.15, 0.2) is 77.8 Å². The lowest BCUT2D eigenvalue weighted by atomic mass is 10.2. The quantitative estimate of drug-likeness (QED) is 0.374. The first-order chi connectivity index (χ1) is 15.2. The molecule has 0 aliphatic carbocycles. The van der Waals surface area contributed by atoms with E-state index in [-0.39, 0.29) is 17.5 Å². The smallest absolute Gasteiger partial charge is 0.267 e. The Hall–Kier alpha value is -3.42. The number of ether oxygens (including phenoxy) is 2. The average molecular weight is 437 g/mol. The maximum Gasteiger partial charge on any atom is 0.267 e. The molecule has 0 atom stereocenters. The predicted octanol–water partition coefficient (Wildman–Crippen LogP) is 3.86. The molecule has 0 fully saturated rings. The topological polar surface area (TPSA) is 76.7 Å². The first kappa shape index (κ1) is 22.3. The Morgan fingerprint density at radius 2 is 1.77 bits per heavy atom. The summed E-state index contributed by atoms with van der Waals surface area (Å²) in [5.74, 6) is -0.0985. The third kappa shape index (κ3) is 7.09. The minimum Gasteiger partial charge on any atom is -0.497 e. The van der Waals surface area contributed by atoms with E-state index >= 15 is 0 Å². The van der Waals surface area contributed by atoms with Crippen LogP contribution < -0.4 is 15.4 Å². The van der Waals surface area contributed by atoms with E-state index in [2.05, 4.69) is 10.6 Å². The highest BCUT2D eigenvalue weighted by molar-refractivity contribution is 7.10. The van der Waals surface area contributed by atoms with Gasteiger partial charge in [0, 0.05) is 17.0 Å². The zero-order chi connectivity index (χ0) is 21.9. The molecule has 0 aliphatic heterocycles. The average Bonchev–Trinajstić information content (AvgIpc) is 3.32. The normalized spacial score (nSPS) is 11.1. The van der Waals surface area contributed by atoms with Crippen molar-refractivity contribution in [3.05, 3.63) is 93.8 Å². The minimum atomic E-state index is -0.376. The maximum absolute atomic E-state index is 12.7. The van der Waals surface area contributed by atoms with Gasteiger partial charge in [-0.3, -0.25) is 9.59 Å². The fraction of sp³-hybridized carbons (Fsp3) is 0.167. The first-order valence-corrected chi connectivity index (χ1v) is 10.6. The number of carbonyl (C=O) groups is 2. The summed E-state index contributed by atoms with van der Waals surface area (Å²) >= 11 is 1.48. The summed E-state index contributed by atoms with van der Waals surface area (Å²) in [5, 5.41) is 7.41. The van der Waals surface area contributed by atoms with Crippen LogP contribution in [-0.2, 0) is 16.1 Å². The van der Waals surface area contributed by atoms with E-state index in [1.807, 2.05) is 47.8 Å². The Bertz CT molecular complexity index is 1000. The monoisotopic (exact) mass is 436 g/mol. The van der Waals surface area contributed by atoms with E-state index in [9.17, 15) is 9.59 Å². The van der Waals surface area contributed by atoms with Crippen molar-refractivity contribution in [3.8, 4) is 5.75 Å². The van der Waals surface area contributed by atoms with E-state index < -0.39 is 0 Å². The number of hydrogen-bond donors (Lipinski definition) is 2. The van der Waals surface area contributed by atoms with Crippen molar-refractivity contribution in [2.45, 2.75) is 6.61 Å². The molecule has 2 N–H and O–H groups in total. The molecule has 3 aromatic rings. The molecule has 6 nitrogen and oxygen atoms in total. The summed E-state index contributed by atoms with van der Waals surface area (Å²) in [6, 6.07) is 20.3. The Kier molecular flexibility index (Phi) is 8.39. The molecule has 0 spiro atoms. The van der Waals surface area contributed by atoms with Gasteiger partial charge in [0.1, 0.15) is 11.4 Å². The fourth-order valence-corrected chi connectivity index (χ4v) is 3.36. The second-order valence-electron chi connectivity index (χ2n) is 6.55. The largest absolute Gasteiger partial charge is 0.497 e. The molecule has 0 unspecified atom stereocenters. The zero-order valence-corrected chi connectivity index (χ0v) is 18.0. The molecule has 1 heterocycles. The highest BCUT2D eigenvalue weighted by Crippen LogP contribution is 2.14. The number of rotatable bonds is 10. The van der Waals surface area contributed by atoms with Crippen molar-refractivity contribution in [2.75, 3.05) is 20.3 Å². The molecular formula is C24H24N2O4S. The minimum absolute atomic E-state index is 0.173.